The Bertz CT molecular complexity index is 530. The van der Waals surface area contributed by atoms with Gasteiger partial charge in [-0.05, 0) is 31.4 Å². The van der Waals surface area contributed by atoms with E-state index in [4.69, 9.17) is 0 Å². The normalized spacial score (nSPS) is 16.4. The molecule has 1 aromatic rings. The van der Waals surface area contributed by atoms with Gasteiger partial charge < -0.3 is 10.4 Å². The minimum Gasteiger partial charge on any atom is -0.481 e. The molecule has 1 aliphatic heterocycles. The Morgan fingerprint density at radius 1 is 1.40 bits per heavy atom. The Hall–Kier alpha value is -2.04. The van der Waals surface area contributed by atoms with Gasteiger partial charge >= 0.3 is 12.0 Å². The van der Waals surface area contributed by atoms with Crippen molar-refractivity contribution in [3.63, 3.8) is 0 Å². The molecule has 0 spiro atoms. The number of urea groups is 1. The Morgan fingerprint density at radius 2 is 2.10 bits per heavy atom. The molecule has 2 N–H and O–H groups in total. The zero-order valence-electron chi connectivity index (χ0n) is 11.8. The van der Waals surface area contributed by atoms with Crippen LogP contribution in [0.2, 0.25) is 0 Å². The fraction of sp³-hybridized carbons (Fsp3) is 0.467. The highest BCUT2D eigenvalue weighted by molar-refractivity contribution is 5.94. The summed E-state index contributed by atoms with van der Waals surface area (Å²) in [6, 6.07) is 7.56. The first kappa shape index (κ1) is 14.4. The lowest BCUT2D eigenvalue weighted by Gasteiger charge is -2.25. The summed E-state index contributed by atoms with van der Waals surface area (Å²) in [5.74, 6) is -0.887. The molecule has 1 aromatic carbocycles. The first-order chi connectivity index (χ1) is 9.48. The third-order valence-electron chi connectivity index (χ3n) is 4.06. The molecule has 0 radical (unpaired) electrons. The number of carboxylic acids is 1. The highest BCUT2D eigenvalue weighted by atomic mass is 16.4. The summed E-state index contributed by atoms with van der Waals surface area (Å²) in [6.45, 7) is 4.23. The van der Waals surface area contributed by atoms with E-state index in [9.17, 15) is 14.7 Å². The summed E-state index contributed by atoms with van der Waals surface area (Å²) in [6.07, 6.45) is 1.31. The number of para-hydroxylation sites is 1. The molecule has 1 atom stereocenters. The second kappa shape index (κ2) is 5.53. The maximum absolute atomic E-state index is 12.2. The van der Waals surface area contributed by atoms with Gasteiger partial charge in [-0.3, -0.25) is 9.69 Å². The van der Waals surface area contributed by atoms with Crippen molar-refractivity contribution in [2.75, 3.05) is 18.0 Å². The van der Waals surface area contributed by atoms with Crippen molar-refractivity contribution >= 4 is 17.7 Å². The van der Waals surface area contributed by atoms with Crippen LogP contribution in [0.4, 0.5) is 10.5 Å². The molecule has 0 saturated carbocycles. The number of fused-ring (bicyclic) bond motifs is 1. The summed E-state index contributed by atoms with van der Waals surface area (Å²) < 4.78 is 0. The Balaban J connectivity index is 2.02. The second-order valence-corrected chi connectivity index (χ2v) is 5.41. The zero-order chi connectivity index (χ0) is 14.8. The first-order valence-electron chi connectivity index (χ1n) is 6.84. The summed E-state index contributed by atoms with van der Waals surface area (Å²) >= 11 is 0. The SMILES string of the molecule is CC[C@@](C)(CNC(=O)N1CCc2ccccc21)C(=O)O. The number of hydrogen-bond donors (Lipinski definition) is 2. The largest absolute Gasteiger partial charge is 0.481 e. The van der Waals surface area contributed by atoms with Gasteiger partial charge in [-0.15, -0.1) is 0 Å². The molecular formula is C15H20N2O3. The second-order valence-electron chi connectivity index (χ2n) is 5.41. The van der Waals surface area contributed by atoms with Gasteiger partial charge in [0.2, 0.25) is 0 Å². The molecule has 1 heterocycles. The number of carbonyl (C=O) groups excluding carboxylic acids is 1. The third-order valence-corrected chi connectivity index (χ3v) is 4.06. The number of carbonyl (C=O) groups is 2. The smallest absolute Gasteiger partial charge is 0.321 e. The minimum absolute atomic E-state index is 0.135. The molecule has 20 heavy (non-hydrogen) atoms. The van der Waals surface area contributed by atoms with Crippen LogP contribution < -0.4 is 10.2 Å². The zero-order valence-corrected chi connectivity index (χ0v) is 11.8. The predicted molar refractivity (Wildman–Crippen MR) is 76.9 cm³/mol. The highest BCUT2D eigenvalue weighted by Gasteiger charge is 2.33. The molecule has 5 heteroatoms. The Kier molecular flexibility index (Phi) is 3.97. The minimum atomic E-state index is -0.922. The van der Waals surface area contributed by atoms with E-state index in [1.165, 1.54) is 0 Å². The molecule has 0 fully saturated rings. The van der Waals surface area contributed by atoms with E-state index in [-0.39, 0.29) is 12.6 Å². The van der Waals surface area contributed by atoms with E-state index in [0.29, 0.717) is 13.0 Å². The molecular weight excluding hydrogens is 256 g/mol. The Labute approximate surface area is 118 Å². The molecule has 0 saturated heterocycles. The van der Waals surface area contributed by atoms with Gasteiger partial charge in [-0.25, -0.2) is 4.79 Å². The van der Waals surface area contributed by atoms with Crippen molar-refractivity contribution in [2.45, 2.75) is 26.7 Å². The summed E-state index contributed by atoms with van der Waals surface area (Å²) in [4.78, 5) is 25.1. The van der Waals surface area contributed by atoms with E-state index in [0.717, 1.165) is 17.7 Å². The molecule has 0 aromatic heterocycles. The third kappa shape index (κ3) is 2.61. The van der Waals surface area contributed by atoms with Gasteiger partial charge in [0.25, 0.3) is 0 Å². The lowest BCUT2D eigenvalue weighted by Crippen LogP contribution is -2.46. The lowest BCUT2D eigenvalue weighted by molar-refractivity contribution is -0.147. The number of nitrogens with one attached hydrogen (secondary N) is 1. The molecule has 0 bridgehead atoms. The van der Waals surface area contributed by atoms with Gasteiger partial charge in [-0.1, -0.05) is 25.1 Å². The topological polar surface area (TPSA) is 69.6 Å². The Morgan fingerprint density at radius 3 is 2.75 bits per heavy atom. The number of hydrogen-bond acceptors (Lipinski definition) is 2. The van der Waals surface area contributed by atoms with Crippen molar-refractivity contribution < 1.29 is 14.7 Å². The van der Waals surface area contributed by atoms with Gasteiger partial charge in [-0.2, -0.15) is 0 Å². The van der Waals surface area contributed by atoms with Gasteiger partial charge in [0, 0.05) is 18.8 Å². The number of benzene rings is 1. The van der Waals surface area contributed by atoms with E-state index < -0.39 is 11.4 Å². The van der Waals surface area contributed by atoms with Crippen LogP contribution in [0.1, 0.15) is 25.8 Å². The molecule has 108 valence electrons. The molecule has 1 aliphatic rings. The van der Waals surface area contributed by atoms with Crippen LogP contribution >= 0.6 is 0 Å². The fourth-order valence-electron chi connectivity index (χ4n) is 2.27. The average molecular weight is 276 g/mol. The standard InChI is InChI=1S/C15H20N2O3/c1-3-15(2,13(18)19)10-16-14(20)17-9-8-11-6-4-5-7-12(11)17/h4-7H,3,8-10H2,1-2H3,(H,16,20)(H,18,19)/t15-/m0/s1. The predicted octanol–water partition coefficient (Wildman–Crippen LogP) is 2.26. The quantitative estimate of drug-likeness (QED) is 0.886. The van der Waals surface area contributed by atoms with Gasteiger partial charge in [0.05, 0.1) is 5.41 Å². The van der Waals surface area contributed by atoms with Crippen LogP contribution in [0.5, 0.6) is 0 Å². The van der Waals surface area contributed by atoms with E-state index in [1.54, 1.807) is 11.8 Å². The summed E-state index contributed by atoms with van der Waals surface area (Å²) in [7, 11) is 0. The maximum atomic E-state index is 12.2. The van der Waals surface area contributed by atoms with Crippen molar-refractivity contribution in [1.29, 1.82) is 0 Å². The van der Waals surface area contributed by atoms with Crippen LogP contribution in [0.25, 0.3) is 0 Å². The van der Waals surface area contributed by atoms with Crippen LogP contribution in [-0.2, 0) is 11.2 Å². The highest BCUT2D eigenvalue weighted by Crippen LogP contribution is 2.27. The van der Waals surface area contributed by atoms with Crippen LogP contribution in [-0.4, -0.2) is 30.2 Å². The number of anilines is 1. The van der Waals surface area contributed by atoms with E-state index in [2.05, 4.69) is 5.32 Å². The number of carboxylic acid groups (broad SMARTS) is 1. The summed E-state index contributed by atoms with van der Waals surface area (Å²) in [5.41, 5.74) is 1.15. The lowest BCUT2D eigenvalue weighted by atomic mass is 9.88. The molecule has 0 unspecified atom stereocenters. The van der Waals surface area contributed by atoms with Crippen molar-refractivity contribution in [3.05, 3.63) is 29.8 Å². The molecule has 5 nitrogen and oxygen atoms in total. The number of nitrogens with zero attached hydrogens (tertiary/aromatic N) is 1. The number of rotatable bonds is 4. The number of amides is 2. The van der Waals surface area contributed by atoms with Crippen LogP contribution in [0.15, 0.2) is 24.3 Å². The van der Waals surface area contributed by atoms with E-state index in [1.807, 2.05) is 31.2 Å². The average Bonchev–Trinajstić information content (AvgIpc) is 2.88. The summed E-state index contributed by atoms with van der Waals surface area (Å²) in [5, 5.41) is 11.9. The van der Waals surface area contributed by atoms with Crippen molar-refractivity contribution in [1.82, 2.24) is 5.32 Å². The van der Waals surface area contributed by atoms with Crippen molar-refractivity contribution in [3.8, 4) is 0 Å². The first-order valence-corrected chi connectivity index (χ1v) is 6.84. The fourth-order valence-corrected chi connectivity index (χ4v) is 2.27. The molecule has 2 rings (SSSR count). The van der Waals surface area contributed by atoms with E-state index >= 15 is 0 Å². The van der Waals surface area contributed by atoms with Gasteiger partial charge in [0.1, 0.15) is 0 Å². The van der Waals surface area contributed by atoms with Crippen molar-refractivity contribution in [2.24, 2.45) is 5.41 Å². The van der Waals surface area contributed by atoms with Crippen LogP contribution in [0.3, 0.4) is 0 Å². The molecule has 0 aliphatic carbocycles. The molecule has 2 amide bonds. The monoisotopic (exact) mass is 276 g/mol. The maximum Gasteiger partial charge on any atom is 0.321 e. The van der Waals surface area contributed by atoms with Gasteiger partial charge in [0.15, 0.2) is 0 Å². The van der Waals surface area contributed by atoms with Crippen LogP contribution in [0, 0.1) is 5.41 Å². The number of aliphatic carboxylic acids is 1.